The number of anilines is 1. The van der Waals surface area contributed by atoms with E-state index in [9.17, 15) is 9.59 Å². The molecule has 2 amide bonds. The van der Waals surface area contributed by atoms with E-state index in [2.05, 4.69) is 12.2 Å². The summed E-state index contributed by atoms with van der Waals surface area (Å²) in [5.41, 5.74) is 1.85. The third-order valence-corrected chi connectivity index (χ3v) is 4.76. The molecule has 0 unspecified atom stereocenters. The van der Waals surface area contributed by atoms with E-state index in [1.54, 1.807) is 0 Å². The van der Waals surface area contributed by atoms with Crippen molar-refractivity contribution in [1.82, 2.24) is 0 Å². The molecule has 0 aromatic heterocycles. The highest BCUT2D eigenvalue weighted by Gasteiger charge is 2.59. The summed E-state index contributed by atoms with van der Waals surface area (Å²) in [4.78, 5) is 26.5. The van der Waals surface area contributed by atoms with Gasteiger partial charge in [-0.05, 0) is 37.3 Å². The quantitative estimate of drug-likeness (QED) is 0.569. The Bertz CT molecular complexity index is 572. The van der Waals surface area contributed by atoms with E-state index in [1.807, 2.05) is 31.2 Å². The van der Waals surface area contributed by atoms with Crippen LogP contribution in [0.5, 0.6) is 0 Å². The number of aryl methyl sites for hydroxylation is 1. The van der Waals surface area contributed by atoms with Crippen LogP contribution in [0.4, 0.5) is 5.69 Å². The van der Waals surface area contributed by atoms with Gasteiger partial charge in [-0.2, -0.15) is 0 Å². The fourth-order valence-corrected chi connectivity index (χ4v) is 3.85. The predicted octanol–water partition coefficient (Wildman–Crippen LogP) is 2.31. The minimum atomic E-state index is -0.108. The van der Waals surface area contributed by atoms with Crippen LogP contribution in [0.1, 0.15) is 12.0 Å². The number of amides is 2. The zero-order chi connectivity index (χ0) is 13.1. The molecular weight excluding hydrogens is 238 g/mol. The summed E-state index contributed by atoms with van der Waals surface area (Å²) < 4.78 is 0. The second kappa shape index (κ2) is 3.56. The van der Waals surface area contributed by atoms with Gasteiger partial charge in [0, 0.05) is 0 Å². The van der Waals surface area contributed by atoms with Crippen molar-refractivity contribution in [2.45, 2.75) is 13.3 Å². The Labute approximate surface area is 111 Å². The van der Waals surface area contributed by atoms with Gasteiger partial charge in [0.15, 0.2) is 0 Å². The van der Waals surface area contributed by atoms with Gasteiger partial charge in [0.25, 0.3) is 0 Å². The van der Waals surface area contributed by atoms with Gasteiger partial charge < -0.3 is 0 Å². The molecule has 1 saturated carbocycles. The summed E-state index contributed by atoms with van der Waals surface area (Å²) in [5.74, 6) is 0.336. The molecule has 4 atom stereocenters. The molecule has 2 bridgehead atoms. The van der Waals surface area contributed by atoms with Gasteiger partial charge in [0.05, 0.1) is 17.5 Å². The average molecular weight is 253 g/mol. The third kappa shape index (κ3) is 1.33. The van der Waals surface area contributed by atoms with Crippen LogP contribution in [0.2, 0.25) is 0 Å². The summed E-state index contributed by atoms with van der Waals surface area (Å²) >= 11 is 0. The summed E-state index contributed by atoms with van der Waals surface area (Å²) in [5, 5.41) is 0. The Morgan fingerprint density at radius 3 is 2.00 bits per heavy atom. The molecule has 1 aliphatic heterocycles. The lowest BCUT2D eigenvalue weighted by molar-refractivity contribution is -0.123. The molecule has 1 saturated heterocycles. The molecule has 0 radical (unpaired) electrons. The second-order valence-electron chi connectivity index (χ2n) is 5.85. The molecule has 3 aliphatic rings. The average Bonchev–Trinajstić information content (AvgIpc) is 3.06. The maximum Gasteiger partial charge on any atom is 0.238 e. The second-order valence-corrected chi connectivity index (χ2v) is 5.85. The Morgan fingerprint density at radius 1 is 0.947 bits per heavy atom. The van der Waals surface area contributed by atoms with E-state index < -0.39 is 0 Å². The number of fused-ring (bicyclic) bond motifs is 5. The van der Waals surface area contributed by atoms with Crippen molar-refractivity contribution in [2.24, 2.45) is 23.7 Å². The molecule has 4 rings (SSSR count). The number of hydrogen-bond acceptors (Lipinski definition) is 2. The Hall–Kier alpha value is -1.90. The van der Waals surface area contributed by atoms with Gasteiger partial charge in [0.2, 0.25) is 11.8 Å². The molecule has 2 aliphatic carbocycles. The van der Waals surface area contributed by atoms with Gasteiger partial charge in [-0.1, -0.05) is 29.8 Å². The lowest BCUT2D eigenvalue weighted by Crippen LogP contribution is -2.32. The van der Waals surface area contributed by atoms with Crippen molar-refractivity contribution in [3.63, 3.8) is 0 Å². The number of hydrogen-bond donors (Lipinski definition) is 0. The normalized spacial score (nSPS) is 35.3. The highest BCUT2D eigenvalue weighted by Crippen LogP contribution is 2.53. The van der Waals surface area contributed by atoms with Crippen LogP contribution in [0.15, 0.2) is 36.4 Å². The highest BCUT2D eigenvalue weighted by molar-refractivity contribution is 6.22. The van der Waals surface area contributed by atoms with Crippen LogP contribution < -0.4 is 4.90 Å². The molecule has 1 aromatic rings. The first-order chi connectivity index (χ1) is 9.16. The van der Waals surface area contributed by atoms with Crippen molar-refractivity contribution >= 4 is 17.5 Å². The summed E-state index contributed by atoms with van der Waals surface area (Å²) in [6, 6.07) is 7.61. The fourth-order valence-electron chi connectivity index (χ4n) is 3.85. The van der Waals surface area contributed by atoms with Crippen molar-refractivity contribution in [3.8, 4) is 0 Å². The third-order valence-electron chi connectivity index (χ3n) is 4.76. The van der Waals surface area contributed by atoms with Crippen molar-refractivity contribution in [2.75, 3.05) is 4.90 Å². The first-order valence-corrected chi connectivity index (χ1v) is 6.79. The fraction of sp³-hybridized carbons (Fsp3) is 0.375. The number of carbonyl (C=O) groups is 2. The Morgan fingerprint density at radius 2 is 1.47 bits per heavy atom. The molecular formula is C16H15NO2. The van der Waals surface area contributed by atoms with Crippen molar-refractivity contribution < 1.29 is 9.59 Å². The molecule has 0 spiro atoms. The SMILES string of the molecule is Cc1ccc(N2C(=O)[C@@H]3[C@@H](C2=O)[C@H]2C=C[C@@H]3C2)cc1. The van der Waals surface area contributed by atoms with E-state index in [4.69, 9.17) is 0 Å². The van der Waals surface area contributed by atoms with E-state index in [-0.39, 0.29) is 35.5 Å². The number of nitrogens with zero attached hydrogens (tertiary/aromatic N) is 1. The number of benzene rings is 1. The number of imide groups is 1. The van der Waals surface area contributed by atoms with Crippen LogP contribution >= 0.6 is 0 Å². The molecule has 3 heteroatoms. The summed E-state index contributed by atoms with van der Waals surface area (Å²) in [6.45, 7) is 2.00. The highest BCUT2D eigenvalue weighted by atomic mass is 16.2. The smallest absolute Gasteiger partial charge is 0.238 e. The van der Waals surface area contributed by atoms with Crippen LogP contribution in [-0.2, 0) is 9.59 Å². The molecule has 1 aromatic carbocycles. The minimum absolute atomic E-state index is 0.00398. The lowest BCUT2D eigenvalue weighted by Gasteiger charge is -2.17. The summed E-state index contributed by atoms with van der Waals surface area (Å²) in [7, 11) is 0. The van der Waals surface area contributed by atoms with Crippen LogP contribution in [0.3, 0.4) is 0 Å². The Balaban J connectivity index is 1.74. The van der Waals surface area contributed by atoms with E-state index in [1.165, 1.54) is 4.90 Å². The van der Waals surface area contributed by atoms with Crippen LogP contribution in [0, 0.1) is 30.6 Å². The van der Waals surface area contributed by atoms with Crippen molar-refractivity contribution in [3.05, 3.63) is 42.0 Å². The molecule has 3 nitrogen and oxygen atoms in total. The first-order valence-electron chi connectivity index (χ1n) is 6.79. The van der Waals surface area contributed by atoms with Gasteiger partial charge in [0.1, 0.15) is 0 Å². The maximum absolute atomic E-state index is 12.5. The number of allylic oxidation sites excluding steroid dienone is 2. The molecule has 19 heavy (non-hydrogen) atoms. The summed E-state index contributed by atoms with van der Waals surface area (Å²) in [6.07, 6.45) is 5.22. The lowest BCUT2D eigenvalue weighted by atomic mass is 9.85. The molecule has 96 valence electrons. The standard InChI is InChI=1S/C16H15NO2/c1-9-2-6-12(7-3-9)17-15(18)13-10-4-5-11(8-10)14(13)16(17)19/h2-7,10-11,13-14H,8H2,1H3/t10-,11+,13-,14-/m0/s1. The molecule has 1 heterocycles. The minimum Gasteiger partial charge on any atom is -0.274 e. The first kappa shape index (κ1) is 11.0. The van der Waals surface area contributed by atoms with Crippen LogP contribution in [0.25, 0.3) is 0 Å². The van der Waals surface area contributed by atoms with Crippen LogP contribution in [-0.4, -0.2) is 11.8 Å². The van der Waals surface area contributed by atoms with Gasteiger partial charge in [-0.25, -0.2) is 0 Å². The number of rotatable bonds is 1. The van der Waals surface area contributed by atoms with Gasteiger partial charge >= 0.3 is 0 Å². The van der Waals surface area contributed by atoms with E-state index in [0.717, 1.165) is 17.7 Å². The zero-order valence-electron chi connectivity index (χ0n) is 10.7. The van der Waals surface area contributed by atoms with Crippen molar-refractivity contribution in [1.29, 1.82) is 0 Å². The Kier molecular flexibility index (Phi) is 2.06. The van der Waals surface area contributed by atoms with E-state index in [0.29, 0.717) is 0 Å². The maximum atomic E-state index is 12.5. The molecule has 0 N–H and O–H groups in total. The topological polar surface area (TPSA) is 37.4 Å². The largest absolute Gasteiger partial charge is 0.274 e. The predicted molar refractivity (Wildman–Crippen MR) is 71.4 cm³/mol. The van der Waals surface area contributed by atoms with Gasteiger partial charge in [-0.3, -0.25) is 14.5 Å². The zero-order valence-corrected chi connectivity index (χ0v) is 10.7. The van der Waals surface area contributed by atoms with Gasteiger partial charge in [-0.15, -0.1) is 0 Å². The van der Waals surface area contributed by atoms with E-state index >= 15 is 0 Å². The molecule has 2 fully saturated rings. The monoisotopic (exact) mass is 253 g/mol. The number of carbonyl (C=O) groups excluding carboxylic acids is 2.